The van der Waals surface area contributed by atoms with Crippen LogP contribution in [-0.2, 0) is 9.53 Å². The number of nitrogens with zero attached hydrogens (tertiary/aromatic N) is 2. The van der Waals surface area contributed by atoms with E-state index in [-0.39, 0.29) is 5.57 Å². The van der Waals surface area contributed by atoms with Crippen LogP contribution in [0.3, 0.4) is 0 Å². The number of hydrogen-bond acceptors (Lipinski definition) is 4. The van der Waals surface area contributed by atoms with Crippen LogP contribution in [0.5, 0.6) is 0 Å². The van der Waals surface area contributed by atoms with Gasteiger partial charge in [-0.1, -0.05) is 6.58 Å². The van der Waals surface area contributed by atoms with Crippen LogP contribution < -0.4 is 0 Å². The number of nitriles is 2. The highest BCUT2D eigenvalue weighted by molar-refractivity contribution is 5.87. The van der Waals surface area contributed by atoms with Gasteiger partial charge in [0.1, 0.15) is 12.1 Å². The predicted molar refractivity (Wildman–Crippen MR) is 35.9 cm³/mol. The van der Waals surface area contributed by atoms with E-state index in [2.05, 4.69) is 11.3 Å². The summed E-state index contributed by atoms with van der Waals surface area (Å²) in [5, 5.41) is 16.4. The molecule has 0 aliphatic heterocycles. The van der Waals surface area contributed by atoms with Crippen molar-refractivity contribution in [2.45, 2.75) is 13.0 Å². The van der Waals surface area contributed by atoms with Gasteiger partial charge in [-0.25, -0.2) is 4.79 Å². The number of hydrogen-bond donors (Lipinski definition) is 0. The average Bonchev–Trinajstić information content (AvgIpc) is 1.99. The van der Waals surface area contributed by atoms with Crippen LogP contribution in [0, 0.1) is 22.7 Å². The van der Waals surface area contributed by atoms with Gasteiger partial charge in [-0.3, -0.25) is 0 Å². The van der Waals surface area contributed by atoms with E-state index in [1.807, 2.05) is 0 Å². The first-order valence-corrected chi connectivity index (χ1v) is 2.77. The lowest BCUT2D eigenvalue weighted by Crippen LogP contribution is -2.14. The second kappa shape index (κ2) is 4.08. The maximum atomic E-state index is 10.6. The Hall–Kier alpha value is -1.81. The SMILES string of the molecule is C=C(C)C(=O)OC(C#N)C#N. The van der Waals surface area contributed by atoms with Crippen LogP contribution in [-0.4, -0.2) is 12.1 Å². The molecule has 4 heteroatoms. The molecule has 0 amide bonds. The molecule has 0 aromatic carbocycles. The lowest BCUT2D eigenvalue weighted by molar-refractivity contribution is -0.139. The number of carbonyl (C=O) groups excluding carboxylic acids is 1. The van der Waals surface area contributed by atoms with E-state index in [9.17, 15) is 4.79 Å². The predicted octanol–water partition coefficient (Wildman–Crippen LogP) is 0.521. The lowest BCUT2D eigenvalue weighted by atomic mass is 10.3. The fourth-order valence-corrected chi connectivity index (χ4v) is 0.289. The zero-order valence-electron chi connectivity index (χ0n) is 6.00. The fraction of sp³-hybridized carbons (Fsp3) is 0.286. The second-order valence-corrected chi connectivity index (χ2v) is 1.82. The van der Waals surface area contributed by atoms with Crippen molar-refractivity contribution in [3.63, 3.8) is 0 Å². The Labute approximate surface area is 64.3 Å². The topological polar surface area (TPSA) is 73.9 Å². The van der Waals surface area contributed by atoms with Crippen molar-refractivity contribution in [2.24, 2.45) is 0 Å². The van der Waals surface area contributed by atoms with Gasteiger partial charge in [0.2, 0.25) is 0 Å². The molecule has 0 bridgehead atoms. The summed E-state index contributed by atoms with van der Waals surface area (Å²) in [6.07, 6.45) is -1.33. The molecule has 0 atom stereocenters. The molecule has 0 spiro atoms. The summed E-state index contributed by atoms with van der Waals surface area (Å²) in [6, 6.07) is 2.98. The minimum atomic E-state index is -1.33. The first kappa shape index (κ1) is 9.19. The fourth-order valence-electron chi connectivity index (χ4n) is 0.289. The normalized spacial score (nSPS) is 8.00. The summed E-state index contributed by atoms with van der Waals surface area (Å²) in [7, 11) is 0. The van der Waals surface area contributed by atoms with Crippen molar-refractivity contribution >= 4 is 5.97 Å². The maximum absolute atomic E-state index is 10.6. The lowest BCUT2D eigenvalue weighted by Gasteiger charge is -2.01. The standard InChI is InChI=1S/C7H6N2O2/c1-5(2)7(10)11-6(3-8)4-9/h6H,1H2,2H3. The third kappa shape index (κ3) is 3.02. The van der Waals surface area contributed by atoms with Crippen LogP contribution in [0.15, 0.2) is 12.2 Å². The van der Waals surface area contributed by atoms with Crippen LogP contribution >= 0.6 is 0 Å². The molecule has 0 heterocycles. The monoisotopic (exact) mass is 150 g/mol. The molecule has 0 rings (SSSR count). The van der Waals surface area contributed by atoms with Crippen LogP contribution in [0.2, 0.25) is 0 Å². The molecule has 0 saturated heterocycles. The molecule has 0 aromatic heterocycles. The van der Waals surface area contributed by atoms with E-state index in [1.165, 1.54) is 19.1 Å². The summed E-state index contributed by atoms with van der Waals surface area (Å²) in [6.45, 7) is 4.72. The molecular formula is C7H6N2O2. The van der Waals surface area contributed by atoms with Gasteiger partial charge in [-0.05, 0) is 6.92 Å². The molecule has 11 heavy (non-hydrogen) atoms. The summed E-state index contributed by atoms with van der Waals surface area (Å²) < 4.78 is 4.35. The Kier molecular flexibility index (Phi) is 3.41. The van der Waals surface area contributed by atoms with E-state index in [0.29, 0.717) is 0 Å². The first-order valence-electron chi connectivity index (χ1n) is 2.77. The minimum absolute atomic E-state index is 0.167. The molecule has 0 aliphatic carbocycles. The van der Waals surface area contributed by atoms with E-state index in [4.69, 9.17) is 10.5 Å². The average molecular weight is 150 g/mol. The Morgan fingerprint density at radius 3 is 2.27 bits per heavy atom. The van der Waals surface area contributed by atoms with E-state index in [0.717, 1.165) is 0 Å². The molecule has 0 aliphatic rings. The highest BCUT2D eigenvalue weighted by Gasteiger charge is 2.11. The molecule has 0 fully saturated rings. The number of rotatable bonds is 2. The third-order valence-electron chi connectivity index (χ3n) is 0.808. The van der Waals surface area contributed by atoms with Crippen molar-refractivity contribution in [2.75, 3.05) is 0 Å². The Morgan fingerprint density at radius 1 is 1.55 bits per heavy atom. The number of ether oxygens (including phenoxy) is 1. The van der Waals surface area contributed by atoms with Crippen molar-refractivity contribution in [3.8, 4) is 12.1 Å². The van der Waals surface area contributed by atoms with Gasteiger partial charge in [0.15, 0.2) is 0 Å². The molecule has 0 radical (unpaired) electrons. The molecule has 0 aromatic rings. The quantitative estimate of drug-likeness (QED) is 0.425. The van der Waals surface area contributed by atoms with Gasteiger partial charge in [0, 0.05) is 5.57 Å². The largest absolute Gasteiger partial charge is 0.429 e. The second-order valence-electron chi connectivity index (χ2n) is 1.82. The highest BCUT2D eigenvalue weighted by Crippen LogP contribution is 1.96. The van der Waals surface area contributed by atoms with E-state index >= 15 is 0 Å². The Balaban J connectivity index is 4.08. The highest BCUT2D eigenvalue weighted by atomic mass is 16.5. The molecule has 56 valence electrons. The smallest absolute Gasteiger partial charge is 0.335 e. The van der Waals surface area contributed by atoms with Crippen LogP contribution in [0.1, 0.15) is 6.92 Å². The van der Waals surface area contributed by atoms with Crippen molar-refractivity contribution < 1.29 is 9.53 Å². The molecular weight excluding hydrogens is 144 g/mol. The molecule has 0 N–H and O–H groups in total. The van der Waals surface area contributed by atoms with Gasteiger partial charge >= 0.3 is 5.97 Å². The molecule has 4 nitrogen and oxygen atoms in total. The van der Waals surface area contributed by atoms with Crippen molar-refractivity contribution in [1.82, 2.24) is 0 Å². The van der Waals surface area contributed by atoms with Crippen LogP contribution in [0.25, 0.3) is 0 Å². The minimum Gasteiger partial charge on any atom is -0.429 e. The number of carbonyl (C=O) groups is 1. The van der Waals surface area contributed by atoms with E-state index in [1.54, 1.807) is 0 Å². The van der Waals surface area contributed by atoms with E-state index < -0.39 is 12.1 Å². The van der Waals surface area contributed by atoms with Crippen LogP contribution in [0.4, 0.5) is 0 Å². The van der Waals surface area contributed by atoms with Crippen molar-refractivity contribution in [3.05, 3.63) is 12.2 Å². The first-order chi connectivity index (χ1) is 5.11. The zero-order chi connectivity index (χ0) is 8.85. The maximum Gasteiger partial charge on any atom is 0.335 e. The van der Waals surface area contributed by atoms with Gasteiger partial charge in [0.25, 0.3) is 6.10 Å². The third-order valence-corrected chi connectivity index (χ3v) is 0.808. The summed E-state index contributed by atoms with van der Waals surface area (Å²) in [4.78, 5) is 10.6. The summed E-state index contributed by atoms with van der Waals surface area (Å²) >= 11 is 0. The van der Waals surface area contributed by atoms with Gasteiger partial charge in [-0.15, -0.1) is 0 Å². The summed E-state index contributed by atoms with van der Waals surface area (Å²) in [5.74, 6) is -0.724. The molecule has 0 saturated carbocycles. The zero-order valence-corrected chi connectivity index (χ0v) is 6.00. The van der Waals surface area contributed by atoms with Gasteiger partial charge in [0.05, 0.1) is 0 Å². The van der Waals surface area contributed by atoms with Gasteiger partial charge < -0.3 is 4.74 Å². The number of esters is 1. The summed E-state index contributed by atoms with van der Waals surface area (Å²) in [5.41, 5.74) is 0.167. The Bertz CT molecular complexity index is 243. The molecule has 0 unspecified atom stereocenters. The van der Waals surface area contributed by atoms with Crippen molar-refractivity contribution in [1.29, 1.82) is 10.5 Å². The van der Waals surface area contributed by atoms with Gasteiger partial charge in [-0.2, -0.15) is 10.5 Å². The Morgan fingerprint density at radius 2 is 2.00 bits per heavy atom.